The number of hydrogen-bond acceptors (Lipinski definition) is 1. The van der Waals surface area contributed by atoms with Crippen molar-refractivity contribution in [3.8, 4) is 0 Å². The molecule has 0 aromatic heterocycles. The summed E-state index contributed by atoms with van der Waals surface area (Å²) in [4.78, 5) is 0. The molecule has 0 bridgehead atoms. The highest BCUT2D eigenvalue weighted by Gasteiger charge is 2.07. The Morgan fingerprint density at radius 3 is 2.25 bits per heavy atom. The number of nitrogens with one attached hydrogen (secondary N) is 1. The zero-order valence-electron chi connectivity index (χ0n) is 5.97. The van der Waals surface area contributed by atoms with E-state index in [0.29, 0.717) is 0 Å². The molecule has 0 saturated heterocycles. The van der Waals surface area contributed by atoms with Crippen molar-refractivity contribution >= 4 is 23.0 Å². The van der Waals surface area contributed by atoms with Crippen LogP contribution in [0.15, 0.2) is 18.2 Å². The van der Waals surface area contributed by atoms with Gasteiger partial charge in [-0.25, -0.2) is 8.78 Å². The highest BCUT2D eigenvalue weighted by molar-refractivity contribution is 7.80. The summed E-state index contributed by atoms with van der Waals surface area (Å²) in [5.41, 5.74) is 4.73. The molecule has 1 aromatic rings. The monoisotopic (exact) mass is 188 g/mol. The van der Waals surface area contributed by atoms with Crippen LogP contribution in [-0.2, 0) is 0 Å². The molecular weight excluding hydrogens is 182 g/mol. The molecule has 0 fully saturated rings. The van der Waals surface area contributed by atoms with Gasteiger partial charge >= 0.3 is 0 Å². The standard InChI is InChI=1S/C7H6F2N2S/c8-4-2-1-3-5(9)6(4)11-7(10)12/h1-3H,(H3,10,11,12). The third-order valence-electron chi connectivity index (χ3n) is 1.21. The van der Waals surface area contributed by atoms with Gasteiger partial charge in [0.25, 0.3) is 0 Å². The van der Waals surface area contributed by atoms with E-state index < -0.39 is 11.6 Å². The summed E-state index contributed by atoms with van der Waals surface area (Å²) < 4.78 is 25.6. The van der Waals surface area contributed by atoms with Crippen LogP contribution in [0, 0.1) is 11.6 Å². The van der Waals surface area contributed by atoms with Crippen molar-refractivity contribution in [2.75, 3.05) is 5.32 Å². The minimum Gasteiger partial charge on any atom is -0.376 e. The van der Waals surface area contributed by atoms with Crippen LogP contribution < -0.4 is 11.1 Å². The van der Waals surface area contributed by atoms with Crippen molar-refractivity contribution in [1.29, 1.82) is 0 Å². The van der Waals surface area contributed by atoms with Crippen LogP contribution in [0.2, 0.25) is 0 Å². The van der Waals surface area contributed by atoms with Gasteiger partial charge in [-0.3, -0.25) is 0 Å². The SMILES string of the molecule is NC(=S)Nc1c(F)cccc1F. The fourth-order valence-electron chi connectivity index (χ4n) is 0.740. The zero-order chi connectivity index (χ0) is 9.14. The first-order valence-electron chi connectivity index (χ1n) is 3.11. The minimum atomic E-state index is -0.720. The number of hydrogen-bond donors (Lipinski definition) is 2. The van der Waals surface area contributed by atoms with Crippen molar-refractivity contribution < 1.29 is 8.78 Å². The normalized spacial score (nSPS) is 9.50. The second-order valence-corrected chi connectivity index (χ2v) is 2.53. The summed E-state index contributed by atoms with van der Waals surface area (Å²) in [6, 6.07) is 3.49. The molecule has 1 aromatic carbocycles. The van der Waals surface area contributed by atoms with Crippen molar-refractivity contribution in [2.45, 2.75) is 0 Å². The van der Waals surface area contributed by atoms with Gasteiger partial charge < -0.3 is 11.1 Å². The molecule has 2 nitrogen and oxygen atoms in total. The van der Waals surface area contributed by atoms with E-state index in [4.69, 9.17) is 5.73 Å². The number of thiocarbonyl (C=S) groups is 1. The van der Waals surface area contributed by atoms with E-state index in [0.717, 1.165) is 12.1 Å². The molecule has 64 valence electrons. The molecule has 0 atom stereocenters. The molecule has 12 heavy (non-hydrogen) atoms. The Labute approximate surface area is 73.4 Å². The second kappa shape index (κ2) is 3.44. The first-order chi connectivity index (χ1) is 5.61. The fourth-order valence-corrected chi connectivity index (χ4v) is 0.842. The van der Waals surface area contributed by atoms with Gasteiger partial charge in [-0.05, 0) is 24.4 Å². The van der Waals surface area contributed by atoms with E-state index in [1.807, 2.05) is 0 Å². The van der Waals surface area contributed by atoms with Crippen molar-refractivity contribution in [3.63, 3.8) is 0 Å². The molecule has 0 unspecified atom stereocenters. The Morgan fingerprint density at radius 2 is 1.83 bits per heavy atom. The van der Waals surface area contributed by atoms with Crippen molar-refractivity contribution in [2.24, 2.45) is 5.73 Å². The molecule has 0 aliphatic carbocycles. The van der Waals surface area contributed by atoms with Gasteiger partial charge in [0.1, 0.15) is 17.3 Å². The number of anilines is 1. The second-order valence-electron chi connectivity index (χ2n) is 2.09. The van der Waals surface area contributed by atoms with Crippen LogP contribution in [0.4, 0.5) is 14.5 Å². The highest BCUT2D eigenvalue weighted by Crippen LogP contribution is 2.17. The van der Waals surface area contributed by atoms with Gasteiger partial charge in [-0.2, -0.15) is 0 Å². The maximum Gasteiger partial charge on any atom is 0.168 e. The number of nitrogens with two attached hydrogens (primary N) is 1. The Bertz CT molecular complexity index is 294. The van der Waals surface area contributed by atoms with Crippen LogP contribution in [0.3, 0.4) is 0 Å². The summed E-state index contributed by atoms with van der Waals surface area (Å²) in [7, 11) is 0. The van der Waals surface area contributed by atoms with E-state index in [-0.39, 0.29) is 10.8 Å². The molecule has 0 saturated carbocycles. The molecule has 0 aliphatic heterocycles. The van der Waals surface area contributed by atoms with Crippen LogP contribution in [0.1, 0.15) is 0 Å². The van der Waals surface area contributed by atoms with E-state index >= 15 is 0 Å². The van der Waals surface area contributed by atoms with Crippen LogP contribution in [0.5, 0.6) is 0 Å². The van der Waals surface area contributed by atoms with Crippen LogP contribution in [0.25, 0.3) is 0 Å². The molecule has 0 radical (unpaired) electrons. The third kappa shape index (κ3) is 1.88. The van der Waals surface area contributed by atoms with Crippen LogP contribution in [-0.4, -0.2) is 5.11 Å². The topological polar surface area (TPSA) is 38.0 Å². The molecule has 1 rings (SSSR count). The molecule has 0 aliphatic rings. The first-order valence-corrected chi connectivity index (χ1v) is 3.52. The zero-order valence-corrected chi connectivity index (χ0v) is 6.79. The lowest BCUT2D eigenvalue weighted by Crippen LogP contribution is -2.20. The van der Waals surface area contributed by atoms with Gasteiger partial charge in [0.2, 0.25) is 0 Å². The Morgan fingerprint density at radius 1 is 1.33 bits per heavy atom. The maximum atomic E-state index is 12.8. The van der Waals surface area contributed by atoms with Crippen molar-refractivity contribution in [3.05, 3.63) is 29.8 Å². The van der Waals surface area contributed by atoms with E-state index in [2.05, 4.69) is 17.5 Å². The molecule has 0 heterocycles. The summed E-state index contributed by atoms with van der Waals surface area (Å²) in [5, 5.41) is 2.03. The van der Waals surface area contributed by atoms with E-state index in [1.54, 1.807) is 0 Å². The molecule has 0 spiro atoms. The summed E-state index contributed by atoms with van der Waals surface area (Å²) in [6.45, 7) is 0. The quantitative estimate of drug-likeness (QED) is 0.658. The van der Waals surface area contributed by atoms with Gasteiger partial charge in [0.05, 0.1) is 0 Å². The maximum absolute atomic E-state index is 12.8. The Balaban J connectivity index is 3.04. The number of para-hydroxylation sites is 1. The third-order valence-corrected chi connectivity index (χ3v) is 1.31. The predicted molar refractivity (Wildman–Crippen MR) is 46.8 cm³/mol. The average Bonchev–Trinajstić information content (AvgIpc) is 1.97. The summed E-state index contributed by atoms with van der Waals surface area (Å²) >= 11 is 4.43. The lowest BCUT2D eigenvalue weighted by molar-refractivity contribution is 0.591. The first kappa shape index (κ1) is 8.86. The van der Waals surface area contributed by atoms with E-state index in [9.17, 15) is 8.78 Å². The fraction of sp³-hybridized carbons (Fsp3) is 0. The molecular formula is C7H6F2N2S. The lowest BCUT2D eigenvalue weighted by Gasteiger charge is -2.05. The summed E-state index contributed by atoms with van der Waals surface area (Å²) in [6.07, 6.45) is 0. The summed E-state index contributed by atoms with van der Waals surface area (Å²) in [5.74, 6) is -1.44. The number of benzene rings is 1. The van der Waals surface area contributed by atoms with E-state index in [1.165, 1.54) is 6.07 Å². The minimum absolute atomic E-state index is 0.168. The molecule has 3 N–H and O–H groups in total. The largest absolute Gasteiger partial charge is 0.376 e. The Hall–Kier alpha value is -1.23. The smallest absolute Gasteiger partial charge is 0.168 e. The van der Waals surface area contributed by atoms with Crippen LogP contribution >= 0.6 is 12.2 Å². The van der Waals surface area contributed by atoms with Gasteiger partial charge in [0, 0.05) is 0 Å². The highest BCUT2D eigenvalue weighted by atomic mass is 32.1. The lowest BCUT2D eigenvalue weighted by atomic mass is 10.3. The Kier molecular flexibility index (Phi) is 2.54. The van der Waals surface area contributed by atoms with Gasteiger partial charge in [-0.15, -0.1) is 0 Å². The molecule has 0 amide bonds. The van der Waals surface area contributed by atoms with Crippen molar-refractivity contribution in [1.82, 2.24) is 0 Å². The average molecular weight is 188 g/mol. The predicted octanol–water partition coefficient (Wildman–Crippen LogP) is 1.62. The number of halogens is 2. The number of rotatable bonds is 1. The van der Waals surface area contributed by atoms with Gasteiger partial charge in [0.15, 0.2) is 5.11 Å². The molecule has 5 heteroatoms. The van der Waals surface area contributed by atoms with Gasteiger partial charge in [-0.1, -0.05) is 6.07 Å².